The number of nitrogens with zero attached hydrogens (tertiary/aromatic N) is 2. The summed E-state index contributed by atoms with van der Waals surface area (Å²) in [5, 5.41) is 2.48. The highest BCUT2D eigenvalue weighted by atomic mass is 16.2. The first kappa shape index (κ1) is 19.1. The molecule has 0 aromatic heterocycles. The topological polar surface area (TPSA) is 86.8 Å². The van der Waals surface area contributed by atoms with Crippen LogP contribution in [0.15, 0.2) is 36.4 Å². The monoisotopic (exact) mass is 330 g/mol. The summed E-state index contributed by atoms with van der Waals surface area (Å²) in [4.78, 5) is 48.7. The fourth-order valence-corrected chi connectivity index (χ4v) is 1.88. The minimum absolute atomic E-state index is 0.0652. The maximum absolute atomic E-state index is 12.4. The van der Waals surface area contributed by atoms with Crippen LogP contribution in [0.5, 0.6) is 0 Å². The zero-order chi connectivity index (χ0) is 17.9. The summed E-state index contributed by atoms with van der Waals surface area (Å²) in [5.74, 6) is -0.699. The number of carbonyl (C=O) groups excluding carboxylic acids is 4. The second kappa shape index (κ2) is 9.94. The van der Waals surface area contributed by atoms with Crippen LogP contribution in [0.4, 0.5) is 9.59 Å². The van der Waals surface area contributed by atoms with E-state index in [1.54, 1.807) is 38.1 Å². The number of rotatable bonds is 6. The quantitative estimate of drug-likeness (QED) is 0.806. The zero-order valence-electron chi connectivity index (χ0n) is 13.7. The van der Waals surface area contributed by atoms with E-state index in [-0.39, 0.29) is 6.54 Å². The number of urea groups is 2. The minimum Gasteiger partial charge on any atom is -0.338 e. The molecule has 0 saturated heterocycles. The van der Waals surface area contributed by atoms with Crippen LogP contribution in [-0.4, -0.2) is 53.7 Å². The first-order valence-electron chi connectivity index (χ1n) is 7.54. The van der Waals surface area contributed by atoms with Gasteiger partial charge in [-0.3, -0.25) is 14.5 Å². The molecule has 127 valence electrons. The van der Waals surface area contributed by atoms with Gasteiger partial charge in [-0.05, 0) is 25.5 Å². The highest BCUT2D eigenvalue weighted by Gasteiger charge is 2.28. The molecular formula is C17H20N3O4. The molecule has 0 aliphatic rings. The number of amides is 5. The number of hydrogen-bond donors (Lipinski definition) is 1. The van der Waals surface area contributed by atoms with E-state index in [4.69, 9.17) is 0 Å². The summed E-state index contributed by atoms with van der Waals surface area (Å²) in [7, 11) is 0. The van der Waals surface area contributed by atoms with Crippen molar-refractivity contribution in [3.05, 3.63) is 42.0 Å². The van der Waals surface area contributed by atoms with Gasteiger partial charge in [-0.25, -0.2) is 14.5 Å². The van der Waals surface area contributed by atoms with E-state index in [1.165, 1.54) is 18.4 Å². The third-order valence-corrected chi connectivity index (χ3v) is 3.06. The molecule has 1 aromatic carbocycles. The lowest BCUT2D eigenvalue weighted by Gasteiger charge is -2.25. The normalized spacial score (nSPS) is 10.2. The fraction of sp³-hybridized carbons (Fsp3) is 0.294. The van der Waals surface area contributed by atoms with Crippen molar-refractivity contribution in [3.8, 4) is 0 Å². The molecule has 1 radical (unpaired) electrons. The van der Waals surface area contributed by atoms with E-state index in [2.05, 4.69) is 5.32 Å². The Balaban J connectivity index is 2.93. The van der Waals surface area contributed by atoms with Crippen LogP contribution >= 0.6 is 0 Å². The van der Waals surface area contributed by atoms with E-state index >= 15 is 0 Å². The Bertz CT molecular complexity index is 614. The first-order valence-corrected chi connectivity index (χ1v) is 7.54. The number of hydrogen-bond acceptors (Lipinski definition) is 4. The molecule has 0 spiro atoms. The summed E-state index contributed by atoms with van der Waals surface area (Å²) < 4.78 is 0. The van der Waals surface area contributed by atoms with Crippen molar-refractivity contribution >= 4 is 30.3 Å². The number of carbonyl (C=O) groups is 3. The highest BCUT2D eigenvalue weighted by Crippen LogP contribution is 2.05. The summed E-state index contributed by atoms with van der Waals surface area (Å²) in [5.41, 5.74) is 0.768. The van der Waals surface area contributed by atoms with Gasteiger partial charge in [0.25, 0.3) is 5.91 Å². The molecule has 7 heteroatoms. The van der Waals surface area contributed by atoms with E-state index < -0.39 is 24.5 Å². The Morgan fingerprint density at radius 2 is 1.79 bits per heavy atom. The van der Waals surface area contributed by atoms with Crippen molar-refractivity contribution in [2.75, 3.05) is 19.6 Å². The molecule has 7 nitrogen and oxygen atoms in total. The molecule has 0 atom stereocenters. The second-order valence-electron chi connectivity index (χ2n) is 4.68. The van der Waals surface area contributed by atoms with Crippen LogP contribution < -0.4 is 5.32 Å². The number of benzene rings is 1. The van der Waals surface area contributed by atoms with Crippen molar-refractivity contribution < 1.29 is 19.2 Å². The maximum Gasteiger partial charge on any atom is 0.335 e. The highest BCUT2D eigenvalue weighted by molar-refractivity contribution is 6.07. The zero-order valence-corrected chi connectivity index (χ0v) is 13.7. The van der Waals surface area contributed by atoms with Crippen LogP contribution in [-0.2, 0) is 9.59 Å². The van der Waals surface area contributed by atoms with Crippen molar-refractivity contribution in [2.45, 2.75) is 13.8 Å². The van der Waals surface area contributed by atoms with Crippen molar-refractivity contribution in [2.24, 2.45) is 0 Å². The largest absolute Gasteiger partial charge is 0.338 e. The minimum atomic E-state index is -0.866. The van der Waals surface area contributed by atoms with Gasteiger partial charge in [0.15, 0.2) is 0 Å². The molecule has 0 fully saturated rings. The molecule has 0 aliphatic carbocycles. The molecule has 1 N–H and O–H groups in total. The van der Waals surface area contributed by atoms with Gasteiger partial charge in [0.1, 0.15) is 0 Å². The van der Waals surface area contributed by atoms with Gasteiger partial charge in [0, 0.05) is 19.2 Å². The van der Waals surface area contributed by atoms with Gasteiger partial charge in [-0.1, -0.05) is 30.3 Å². The summed E-state index contributed by atoms with van der Waals surface area (Å²) in [6, 6.07) is 7.53. The predicted octanol–water partition coefficient (Wildman–Crippen LogP) is 1.81. The predicted molar refractivity (Wildman–Crippen MR) is 89.7 cm³/mol. The van der Waals surface area contributed by atoms with Crippen LogP contribution in [0, 0.1) is 0 Å². The average Bonchev–Trinajstić information content (AvgIpc) is 2.59. The average molecular weight is 330 g/mol. The van der Waals surface area contributed by atoms with E-state index in [0.717, 1.165) is 10.5 Å². The summed E-state index contributed by atoms with van der Waals surface area (Å²) in [6.45, 7) is 3.16. The van der Waals surface area contributed by atoms with Gasteiger partial charge in [0.2, 0.25) is 6.29 Å². The van der Waals surface area contributed by atoms with E-state index in [0.29, 0.717) is 11.4 Å². The van der Waals surface area contributed by atoms with Crippen LogP contribution in [0.2, 0.25) is 0 Å². The molecule has 1 aromatic rings. The Morgan fingerprint density at radius 1 is 1.12 bits per heavy atom. The third kappa shape index (κ3) is 5.35. The Hall–Kier alpha value is -2.96. The number of imide groups is 2. The molecule has 5 amide bonds. The number of nitrogens with one attached hydrogen (secondary N) is 1. The SMILES string of the molecule is CCNC(=O)N(CC)C(=O)N(C[C]=O)C(=O)C=Cc1ccccc1. The van der Waals surface area contributed by atoms with Gasteiger partial charge in [0.05, 0.1) is 6.54 Å². The lowest BCUT2D eigenvalue weighted by Crippen LogP contribution is -2.51. The Kier molecular flexibility index (Phi) is 7.90. The Labute approximate surface area is 140 Å². The second-order valence-corrected chi connectivity index (χ2v) is 4.68. The maximum atomic E-state index is 12.4. The smallest absolute Gasteiger partial charge is 0.335 e. The van der Waals surface area contributed by atoms with E-state index in [9.17, 15) is 19.2 Å². The lowest BCUT2D eigenvalue weighted by atomic mass is 10.2. The van der Waals surface area contributed by atoms with Crippen molar-refractivity contribution in [1.29, 1.82) is 0 Å². The van der Waals surface area contributed by atoms with Crippen LogP contribution in [0.25, 0.3) is 6.08 Å². The Morgan fingerprint density at radius 3 is 2.33 bits per heavy atom. The molecule has 0 heterocycles. The van der Waals surface area contributed by atoms with Crippen molar-refractivity contribution in [1.82, 2.24) is 15.1 Å². The van der Waals surface area contributed by atoms with Gasteiger partial charge < -0.3 is 5.32 Å². The lowest BCUT2D eigenvalue weighted by molar-refractivity contribution is -0.123. The van der Waals surface area contributed by atoms with Gasteiger partial charge in [-0.15, -0.1) is 0 Å². The summed E-state index contributed by atoms with van der Waals surface area (Å²) >= 11 is 0. The molecular weight excluding hydrogens is 310 g/mol. The van der Waals surface area contributed by atoms with E-state index in [1.807, 2.05) is 6.07 Å². The molecule has 0 saturated carbocycles. The summed E-state index contributed by atoms with van der Waals surface area (Å²) in [6.07, 6.45) is 4.22. The molecule has 0 bridgehead atoms. The molecule has 1 rings (SSSR count). The van der Waals surface area contributed by atoms with Gasteiger partial charge in [-0.2, -0.15) is 0 Å². The third-order valence-electron chi connectivity index (χ3n) is 3.06. The van der Waals surface area contributed by atoms with Crippen LogP contribution in [0.3, 0.4) is 0 Å². The van der Waals surface area contributed by atoms with Gasteiger partial charge >= 0.3 is 12.1 Å². The van der Waals surface area contributed by atoms with Crippen LogP contribution in [0.1, 0.15) is 19.4 Å². The molecule has 24 heavy (non-hydrogen) atoms. The first-order chi connectivity index (χ1) is 11.5. The van der Waals surface area contributed by atoms with Crippen molar-refractivity contribution in [3.63, 3.8) is 0 Å². The molecule has 0 aliphatic heterocycles. The fourth-order valence-electron chi connectivity index (χ4n) is 1.88. The molecule has 0 unspecified atom stereocenters. The standard InChI is InChI=1S/C17H20N3O4/c1-3-18-16(23)19(4-2)17(24)20(12-13-21)15(22)11-10-14-8-6-5-7-9-14/h5-11H,3-4,12H2,1-2H3,(H,18,23).